The third-order valence-corrected chi connectivity index (χ3v) is 7.98. The van der Waals surface area contributed by atoms with Crippen LogP contribution in [0.25, 0.3) is 11.1 Å². The molecular formula is C30H31F4N5O3. The van der Waals surface area contributed by atoms with Gasteiger partial charge in [0.05, 0.1) is 5.56 Å². The number of carbonyl (C=O) groups is 2. The predicted octanol–water partition coefficient (Wildman–Crippen LogP) is 3.51. The first kappa shape index (κ1) is 29.5. The summed E-state index contributed by atoms with van der Waals surface area (Å²) < 4.78 is 56.9. The Kier molecular flexibility index (Phi) is 8.22. The number of piperidine rings is 2. The molecule has 42 heavy (non-hydrogen) atoms. The van der Waals surface area contributed by atoms with Gasteiger partial charge in [-0.2, -0.15) is 0 Å². The Bertz CT molecular complexity index is 1470. The van der Waals surface area contributed by atoms with E-state index in [1.54, 1.807) is 24.3 Å². The van der Waals surface area contributed by atoms with Gasteiger partial charge in [0.1, 0.15) is 28.9 Å². The summed E-state index contributed by atoms with van der Waals surface area (Å²) in [5, 5.41) is 17.0. The molecule has 0 aromatic heterocycles. The zero-order valence-electron chi connectivity index (χ0n) is 22.8. The summed E-state index contributed by atoms with van der Waals surface area (Å²) in [7, 11) is 1.92. The number of nitrogens with two attached hydrogens (primary N) is 1. The van der Waals surface area contributed by atoms with E-state index in [9.17, 15) is 32.3 Å². The third-order valence-electron chi connectivity index (χ3n) is 7.98. The maximum absolute atomic E-state index is 15.0. The van der Waals surface area contributed by atoms with E-state index >= 15 is 0 Å². The van der Waals surface area contributed by atoms with E-state index in [0.29, 0.717) is 30.3 Å². The lowest BCUT2D eigenvalue weighted by atomic mass is 9.66. The first-order chi connectivity index (χ1) is 20.0. The van der Waals surface area contributed by atoms with Gasteiger partial charge >= 0.3 is 6.03 Å². The number of hydrogen-bond acceptors (Lipinski definition) is 5. The number of carbonyl (C=O) groups excluding carboxylic acids is 2. The summed E-state index contributed by atoms with van der Waals surface area (Å²) in [5.41, 5.74) is 4.48. The standard InChI is InChI=1S/C30H31F4N5O3/c1-38-13-19-15-39(29(41)37-23-9-21(31)8-22(32)10-23)16-20(14-38)30(19,42)18-4-2-17(3-5-18)24-11-27(34)25(12-26(24)33)28(40)36-7-6-35/h2-5,8-12,19-20,42H,6-7,13-16,35H2,1H3,(H,36,40)(H,37,41)/t19-,20+,30?. The van der Waals surface area contributed by atoms with Crippen molar-refractivity contribution in [2.75, 3.05) is 51.6 Å². The number of rotatable bonds is 6. The number of likely N-dealkylation sites (tertiary alicyclic amines) is 2. The monoisotopic (exact) mass is 585 g/mol. The van der Waals surface area contributed by atoms with Crippen molar-refractivity contribution >= 4 is 17.6 Å². The smallest absolute Gasteiger partial charge is 0.321 e. The molecule has 12 heteroatoms. The van der Waals surface area contributed by atoms with Crippen molar-refractivity contribution in [2.45, 2.75) is 5.60 Å². The van der Waals surface area contributed by atoms with Crippen LogP contribution in [0.4, 0.5) is 28.0 Å². The van der Waals surface area contributed by atoms with Gasteiger partial charge in [0, 0.05) is 68.4 Å². The molecule has 2 heterocycles. The number of fused-ring (bicyclic) bond motifs is 2. The van der Waals surface area contributed by atoms with E-state index in [1.807, 2.05) is 7.05 Å². The molecule has 2 aliphatic heterocycles. The van der Waals surface area contributed by atoms with Crippen LogP contribution in [0.2, 0.25) is 0 Å². The fraction of sp³-hybridized carbons (Fsp3) is 0.333. The molecule has 0 aliphatic carbocycles. The quantitative estimate of drug-likeness (QED) is 0.331. The second-order valence-corrected chi connectivity index (χ2v) is 10.9. The summed E-state index contributed by atoms with van der Waals surface area (Å²) >= 11 is 0. The summed E-state index contributed by atoms with van der Waals surface area (Å²) in [6.07, 6.45) is 0. The topological polar surface area (TPSA) is 111 Å². The van der Waals surface area contributed by atoms with E-state index < -0.39 is 58.2 Å². The van der Waals surface area contributed by atoms with E-state index in [4.69, 9.17) is 5.73 Å². The molecule has 0 spiro atoms. The van der Waals surface area contributed by atoms with Crippen LogP contribution in [0.1, 0.15) is 15.9 Å². The van der Waals surface area contributed by atoms with Crippen LogP contribution < -0.4 is 16.4 Å². The molecule has 2 aliphatic rings. The van der Waals surface area contributed by atoms with Gasteiger partial charge in [-0.05, 0) is 42.4 Å². The number of urea groups is 1. The first-order valence-electron chi connectivity index (χ1n) is 13.5. The minimum Gasteiger partial charge on any atom is -0.384 e. The molecule has 1 unspecified atom stereocenters. The average Bonchev–Trinajstić information content (AvgIpc) is 2.93. The molecule has 2 saturated heterocycles. The fourth-order valence-corrected chi connectivity index (χ4v) is 6.04. The van der Waals surface area contributed by atoms with Gasteiger partial charge in [-0.25, -0.2) is 22.4 Å². The largest absolute Gasteiger partial charge is 0.384 e. The Morgan fingerprint density at radius 2 is 1.55 bits per heavy atom. The van der Waals surface area contributed by atoms with Crippen molar-refractivity contribution < 1.29 is 32.3 Å². The lowest BCUT2D eigenvalue weighted by molar-refractivity contribution is -0.153. The van der Waals surface area contributed by atoms with Gasteiger partial charge in [0.25, 0.3) is 5.91 Å². The number of hydrogen-bond donors (Lipinski definition) is 4. The highest BCUT2D eigenvalue weighted by atomic mass is 19.1. The Labute approximate surface area is 240 Å². The number of benzene rings is 3. The highest BCUT2D eigenvalue weighted by Crippen LogP contribution is 2.45. The van der Waals surface area contributed by atoms with Crippen LogP contribution in [0.5, 0.6) is 0 Å². The summed E-state index contributed by atoms with van der Waals surface area (Å²) in [6, 6.07) is 10.5. The van der Waals surface area contributed by atoms with Crippen LogP contribution in [-0.2, 0) is 5.60 Å². The third kappa shape index (κ3) is 5.69. The van der Waals surface area contributed by atoms with Gasteiger partial charge in [-0.3, -0.25) is 4.79 Å². The Hall–Kier alpha value is -4.00. The summed E-state index contributed by atoms with van der Waals surface area (Å²) in [5.74, 6) is -4.86. The molecule has 8 nitrogen and oxygen atoms in total. The average molecular weight is 586 g/mol. The van der Waals surface area contributed by atoms with Crippen LogP contribution in [0.15, 0.2) is 54.6 Å². The van der Waals surface area contributed by atoms with Crippen molar-refractivity contribution in [1.82, 2.24) is 15.1 Å². The number of anilines is 1. The second-order valence-electron chi connectivity index (χ2n) is 10.9. The number of nitrogens with one attached hydrogen (secondary N) is 2. The van der Waals surface area contributed by atoms with E-state index in [0.717, 1.165) is 24.3 Å². The van der Waals surface area contributed by atoms with Crippen LogP contribution in [0, 0.1) is 35.1 Å². The molecule has 0 saturated carbocycles. The summed E-state index contributed by atoms with van der Waals surface area (Å²) in [6.45, 7) is 1.58. The van der Waals surface area contributed by atoms with Gasteiger partial charge in [0.15, 0.2) is 0 Å². The molecule has 2 fully saturated rings. The number of nitrogens with zero attached hydrogens (tertiary/aromatic N) is 2. The van der Waals surface area contributed by atoms with Crippen LogP contribution in [-0.4, -0.2) is 73.2 Å². The highest BCUT2D eigenvalue weighted by molar-refractivity contribution is 5.95. The molecule has 5 rings (SSSR count). The normalized spacial score (nSPS) is 22.1. The Morgan fingerprint density at radius 1 is 0.929 bits per heavy atom. The molecule has 5 N–H and O–H groups in total. The number of amides is 3. The molecule has 3 aromatic carbocycles. The minimum absolute atomic E-state index is 0.0101. The van der Waals surface area contributed by atoms with Crippen LogP contribution >= 0.6 is 0 Å². The Morgan fingerprint density at radius 3 is 2.14 bits per heavy atom. The van der Waals surface area contributed by atoms with Crippen molar-refractivity contribution in [3.8, 4) is 11.1 Å². The summed E-state index contributed by atoms with van der Waals surface area (Å²) in [4.78, 5) is 28.7. The molecule has 3 aromatic rings. The van der Waals surface area contributed by atoms with Crippen LogP contribution in [0.3, 0.4) is 0 Å². The Balaban J connectivity index is 1.36. The lowest BCUT2D eigenvalue weighted by Gasteiger charge is -2.55. The maximum Gasteiger partial charge on any atom is 0.321 e. The van der Waals surface area contributed by atoms with E-state index in [2.05, 4.69) is 15.5 Å². The zero-order valence-corrected chi connectivity index (χ0v) is 22.8. The molecule has 3 amide bonds. The van der Waals surface area contributed by atoms with E-state index in [1.165, 1.54) is 4.90 Å². The molecular weight excluding hydrogens is 554 g/mol. The first-order valence-corrected chi connectivity index (χ1v) is 13.5. The lowest BCUT2D eigenvalue weighted by Crippen LogP contribution is -2.65. The fourth-order valence-electron chi connectivity index (χ4n) is 6.04. The number of halogens is 4. The highest BCUT2D eigenvalue weighted by Gasteiger charge is 2.53. The van der Waals surface area contributed by atoms with Gasteiger partial charge in [-0.1, -0.05) is 24.3 Å². The van der Waals surface area contributed by atoms with Gasteiger partial charge in [0.2, 0.25) is 0 Å². The SMILES string of the molecule is CN1C[C@@H]2CN(C(=O)Nc3cc(F)cc(F)c3)C[C@H](C1)C2(O)c1ccc(-c2cc(F)c(C(=O)NCCN)cc2F)cc1. The maximum atomic E-state index is 15.0. The second kappa shape index (κ2) is 11.7. The molecule has 2 bridgehead atoms. The predicted molar refractivity (Wildman–Crippen MR) is 149 cm³/mol. The van der Waals surface area contributed by atoms with Crippen molar-refractivity contribution in [3.63, 3.8) is 0 Å². The van der Waals surface area contributed by atoms with Crippen molar-refractivity contribution in [1.29, 1.82) is 0 Å². The van der Waals surface area contributed by atoms with Crippen molar-refractivity contribution in [3.05, 3.63) is 89.0 Å². The molecule has 3 atom stereocenters. The molecule has 0 radical (unpaired) electrons. The van der Waals surface area contributed by atoms with Gasteiger partial charge < -0.3 is 31.3 Å². The van der Waals surface area contributed by atoms with E-state index in [-0.39, 0.29) is 37.4 Å². The minimum atomic E-state index is -1.32. The zero-order chi connectivity index (χ0) is 30.2. The molecule has 222 valence electrons. The number of aliphatic hydroxyl groups is 1. The van der Waals surface area contributed by atoms with Gasteiger partial charge in [-0.15, -0.1) is 0 Å². The van der Waals surface area contributed by atoms with Crippen molar-refractivity contribution in [2.24, 2.45) is 17.6 Å².